The zero-order chi connectivity index (χ0) is 16.3. The van der Waals surface area contributed by atoms with Crippen LogP contribution >= 0.6 is 0 Å². The van der Waals surface area contributed by atoms with E-state index >= 15 is 0 Å². The fourth-order valence-corrected chi connectivity index (χ4v) is 2.16. The van der Waals surface area contributed by atoms with Crippen LogP contribution in [0.15, 0.2) is 42.5 Å². The summed E-state index contributed by atoms with van der Waals surface area (Å²) in [7, 11) is 0. The molecule has 2 aromatic carbocycles. The molecule has 0 saturated heterocycles. The van der Waals surface area contributed by atoms with Gasteiger partial charge in [0.25, 0.3) is 5.91 Å². The minimum absolute atomic E-state index is 0.0594. The van der Waals surface area contributed by atoms with Crippen LogP contribution in [0, 0.1) is 6.92 Å². The quantitative estimate of drug-likeness (QED) is 0.855. The van der Waals surface area contributed by atoms with Crippen LogP contribution in [0.5, 0.6) is 0 Å². The van der Waals surface area contributed by atoms with Gasteiger partial charge >= 0.3 is 0 Å². The minimum Gasteiger partial charge on any atom is -0.322 e. The number of aryl methyl sites for hydroxylation is 1. The highest BCUT2D eigenvalue weighted by molar-refractivity contribution is 6.05. The van der Waals surface area contributed by atoms with Gasteiger partial charge in [0.2, 0.25) is 0 Å². The van der Waals surface area contributed by atoms with Crippen LogP contribution < -0.4 is 5.32 Å². The van der Waals surface area contributed by atoms with Gasteiger partial charge in [-0.3, -0.25) is 9.59 Å². The molecule has 0 aromatic heterocycles. The van der Waals surface area contributed by atoms with E-state index in [1.165, 1.54) is 5.56 Å². The summed E-state index contributed by atoms with van der Waals surface area (Å²) in [5.74, 6) is -0.174. The maximum Gasteiger partial charge on any atom is 0.255 e. The maximum atomic E-state index is 12.3. The lowest BCUT2D eigenvalue weighted by atomic mass is 9.86. The van der Waals surface area contributed by atoms with Gasteiger partial charge in [-0.05, 0) is 41.7 Å². The first kappa shape index (κ1) is 16.0. The van der Waals surface area contributed by atoms with Crippen LogP contribution in [0.3, 0.4) is 0 Å². The number of aldehydes is 1. The number of rotatable bonds is 3. The molecule has 0 heterocycles. The van der Waals surface area contributed by atoms with Crippen molar-refractivity contribution in [3.8, 4) is 0 Å². The van der Waals surface area contributed by atoms with Crippen molar-refractivity contribution < 1.29 is 9.59 Å². The molecule has 0 fully saturated rings. The monoisotopic (exact) mass is 295 g/mol. The van der Waals surface area contributed by atoms with Crippen molar-refractivity contribution in [2.24, 2.45) is 0 Å². The molecule has 1 amide bonds. The number of nitrogens with one attached hydrogen (secondary N) is 1. The molecule has 22 heavy (non-hydrogen) atoms. The van der Waals surface area contributed by atoms with E-state index in [9.17, 15) is 9.59 Å². The predicted octanol–water partition coefficient (Wildman–Crippen LogP) is 4.36. The van der Waals surface area contributed by atoms with E-state index in [1.54, 1.807) is 12.1 Å². The Labute approximate surface area is 131 Å². The molecule has 2 aromatic rings. The molecule has 0 saturated carbocycles. The lowest BCUT2D eigenvalue weighted by molar-refractivity contribution is 0.102. The van der Waals surface area contributed by atoms with Gasteiger partial charge in [0, 0.05) is 16.8 Å². The van der Waals surface area contributed by atoms with E-state index < -0.39 is 0 Å². The Morgan fingerprint density at radius 2 is 1.68 bits per heavy atom. The molecule has 3 nitrogen and oxygen atoms in total. The largest absolute Gasteiger partial charge is 0.322 e. The van der Waals surface area contributed by atoms with Gasteiger partial charge in [-0.15, -0.1) is 0 Å². The van der Waals surface area contributed by atoms with Crippen molar-refractivity contribution in [1.29, 1.82) is 0 Å². The Morgan fingerprint density at radius 1 is 1.05 bits per heavy atom. The number of hydrogen-bond donors (Lipinski definition) is 1. The standard InChI is InChI=1S/C19H21NO2/c1-13-5-6-14(12-21)11-17(13)20-18(22)15-7-9-16(10-8-15)19(2,3)4/h5-12H,1-4H3,(H,20,22). The second-order valence-corrected chi connectivity index (χ2v) is 6.47. The summed E-state index contributed by atoms with van der Waals surface area (Å²) >= 11 is 0. The van der Waals surface area contributed by atoms with Crippen molar-refractivity contribution in [3.63, 3.8) is 0 Å². The molecule has 0 bridgehead atoms. The summed E-state index contributed by atoms with van der Waals surface area (Å²) < 4.78 is 0. The van der Waals surface area contributed by atoms with Crippen molar-refractivity contribution >= 4 is 17.9 Å². The van der Waals surface area contributed by atoms with Crippen LogP contribution in [0.1, 0.15) is 52.6 Å². The molecular formula is C19H21NO2. The summed E-state index contributed by atoms with van der Waals surface area (Å²) in [5.41, 5.74) is 3.97. The van der Waals surface area contributed by atoms with Crippen LogP contribution in [0.4, 0.5) is 5.69 Å². The van der Waals surface area contributed by atoms with Gasteiger partial charge in [-0.1, -0.05) is 45.0 Å². The molecule has 0 atom stereocenters. The Morgan fingerprint density at radius 3 is 2.23 bits per heavy atom. The number of carbonyl (C=O) groups is 2. The summed E-state index contributed by atoms with van der Waals surface area (Å²) in [4.78, 5) is 23.2. The fourth-order valence-electron chi connectivity index (χ4n) is 2.16. The van der Waals surface area contributed by atoms with Crippen molar-refractivity contribution in [3.05, 3.63) is 64.7 Å². The third-order valence-electron chi connectivity index (χ3n) is 3.66. The van der Waals surface area contributed by atoms with Gasteiger partial charge < -0.3 is 5.32 Å². The molecule has 2 rings (SSSR count). The number of anilines is 1. The van der Waals surface area contributed by atoms with E-state index in [1.807, 2.05) is 37.3 Å². The second kappa shape index (κ2) is 6.14. The summed E-state index contributed by atoms with van der Waals surface area (Å²) in [5, 5.41) is 2.86. The van der Waals surface area contributed by atoms with Crippen molar-refractivity contribution in [2.45, 2.75) is 33.1 Å². The lowest BCUT2D eigenvalue weighted by Crippen LogP contribution is -2.15. The third-order valence-corrected chi connectivity index (χ3v) is 3.66. The highest BCUT2D eigenvalue weighted by Crippen LogP contribution is 2.23. The number of benzene rings is 2. The first-order valence-corrected chi connectivity index (χ1v) is 7.29. The fraction of sp³-hybridized carbons (Fsp3) is 0.263. The zero-order valence-electron chi connectivity index (χ0n) is 13.4. The minimum atomic E-state index is -0.174. The molecule has 0 radical (unpaired) electrons. The zero-order valence-corrected chi connectivity index (χ0v) is 13.4. The molecule has 0 aliphatic carbocycles. The molecule has 0 spiro atoms. The first-order chi connectivity index (χ1) is 10.3. The van der Waals surface area contributed by atoms with E-state index in [0.717, 1.165) is 11.8 Å². The molecule has 0 unspecified atom stereocenters. The maximum absolute atomic E-state index is 12.3. The first-order valence-electron chi connectivity index (χ1n) is 7.29. The molecular weight excluding hydrogens is 274 g/mol. The number of carbonyl (C=O) groups excluding carboxylic acids is 2. The Kier molecular flexibility index (Phi) is 4.45. The van der Waals surface area contributed by atoms with Crippen molar-refractivity contribution in [2.75, 3.05) is 5.32 Å². The average molecular weight is 295 g/mol. The van der Waals surface area contributed by atoms with E-state index in [2.05, 4.69) is 26.1 Å². The van der Waals surface area contributed by atoms with Gasteiger partial charge in [0.05, 0.1) is 0 Å². The number of amides is 1. The van der Waals surface area contributed by atoms with Gasteiger partial charge in [0.15, 0.2) is 0 Å². The van der Waals surface area contributed by atoms with Gasteiger partial charge in [-0.2, -0.15) is 0 Å². The molecule has 1 N–H and O–H groups in total. The van der Waals surface area contributed by atoms with Crippen LogP contribution in [-0.4, -0.2) is 12.2 Å². The van der Waals surface area contributed by atoms with Gasteiger partial charge in [-0.25, -0.2) is 0 Å². The average Bonchev–Trinajstić information content (AvgIpc) is 2.48. The third kappa shape index (κ3) is 3.61. The van der Waals surface area contributed by atoms with E-state index in [0.29, 0.717) is 16.8 Å². The Hall–Kier alpha value is -2.42. The van der Waals surface area contributed by atoms with Crippen LogP contribution in [-0.2, 0) is 5.41 Å². The molecule has 0 aliphatic heterocycles. The topological polar surface area (TPSA) is 46.2 Å². The van der Waals surface area contributed by atoms with Crippen LogP contribution in [0.2, 0.25) is 0 Å². The summed E-state index contributed by atoms with van der Waals surface area (Å²) in [6.45, 7) is 8.30. The molecule has 0 aliphatic rings. The highest BCUT2D eigenvalue weighted by atomic mass is 16.1. The smallest absolute Gasteiger partial charge is 0.255 e. The predicted molar refractivity (Wildman–Crippen MR) is 89.7 cm³/mol. The summed E-state index contributed by atoms with van der Waals surface area (Å²) in [6.07, 6.45) is 0.771. The van der Waals surface area contributed by atoms with Crippen LogP contribution in [0.25, 0.3) is 0 Å². The molecule has 114 valence electrons. The SMILES string of the molecule is Cc1ccc(C=O)cc1NC(=O)c1ccc(C(C)(C)C)cc1. The normalized spacial score (nSPS) is 11.1. The Balaban J connectivity index is 2.21. The van der Waals surface area contributed by atoms with E-state index in [-0.39, 0.29) is 11.3 Å². The summed E-state index contributed by atoms with van der Waals surface area (Å²) in [6, 6.07) is 12.8. The number of hydrogen-bond acceptors (Lipinski definition) is 2. The Bertz CT molecular complexity index is 694. The second-order valence-electron chi connectivity index (χ2n) is 6.47. The molecule has 3 heteroatoms. The van der Waals surface area contributed by atoms with Gasteiger partial charge in [0.1, 0.15) is 6.29 Å². The lowest BCUT2D eigenvalue weighted by Gasteiger charge is -2.19. The van der Waals surface area contributed by atoms with E-state index in [4.69, 9.17) is 0 Å². The highest BCUT2D eigenvalue weighted by Gasteiger charge is 2.14. The van der Waals surface area contributed by atoms with Crippen molar-refractivity contribution in [1.82, 2.24) is 0 Å².